The molecule has 1 nitrogen and oxygen atoms in total. The molecule has 0 amide bonds. The fourth-order valence-corrected chi connectivity index (χ4v) is 1.22. The Hall–Kier alpha value is 0.350. The van der Waals surface area contributed by atoms with Crippen molar-refractivity contribution in [2.75, 3.05) is 13.1 Å². The molecule has 1 aliphatic rings. The number of nitrogens with one attached hydrogen (secondary N) is 1. The van der Waals surface area contributed by atoms with Crippen LogP contribution in [0.15, 0.2) is 0 Å². The molecular formula is C8H16AmN-. The standard InChI is InChI=1S/C8H16N.Am/c1-7-3-4-8(2)6-9-5-7;/h7,9H,3-6H2,1-2H3;/q-1;. The smallest absolute Gasteiger partial charge is 0 e. The van der Waals surface area contributed by atoms with Gasteiger partial charge in [-0.1, -0.05) is 13.3 Å². The molecule has 2 heteroatoms. The zero-order valence-corrected chi connectivity index (χ0v) is 9.93. The first-order valence-electron chi connectivity index (χ1n) is 3.81. The van der Waals surface area contributed by atoms with Gasteiger partial charge in [-0.15, -0.1) is 6.54 Å². The molecule has 1 heterocycles. The van der Waals surface area contributed by atoms with Crippen LogP contribution in [0.4, 0.5) is 0 Å². The molecule has 1 saturated heterocycles. The van der Waals surface area contributed by atoms with Gasteiger partial charge in [0, 0.05) is 14.3 Å². The van der Waals surface area contributed by atoms with Crippen molar-refractivity contribution < 1.29 is 14.3 Å². The zero-order chi connectivity index (χ0) is 6.69. The van der Waals surface area contributed by atoms with E-state index in [9.17, 15) is 0 Å². The van der Waals surface area contributed by atoms with Gasteiger partial charge in [-0.3, -0.25) is 0 Å². The third kappa shape index (κ3) is 3.50. The number of rotatable bonds is 0. The Morgan fingerprint density at radius 3 is 2.90 bits per heavy atom. The molecule has 0 bridgehead atoms. The van der Waals surface area contributed by atoms with Crippen molar-refractivity contribution in [3.63, 3.8) is 0 Å². The fourth-order valence-electron chi connectivity index (χ4n) is 1.22. The minimum atomic E-state index is 0. The molecule has 1 N–H and O–H groups in total. The van der Waals surface area contributed by atoms with Gasteiger partial charge >= 0.3 is 0 Å². The van der Waals surface area contributed by atoms with E-state index in [0.717, 1.165) is 12.5 Å². The van der Waals surface area contributed by atoms with E-state index >= 15 is 0 Å². The minimum Gasteiger partial charge on any atom is -0.346 e. The molecule has 0 aromatic rings. The summed E-state index contributed by atoms with van der Waals surface area (Å²) in [5.74, 6) is 2.49. The summed E-state index contributed by atoms with van der Waals surface area (Å²) in [4.78, 5) is 0. The van der Waals surface area contributed by atoms with E-state index in [1.807, 2.05) is 0 Å². The Labute approximate surface area is 71.8 Å². The van der Waals surface area contributed by atoms with Crippen LogP contribution in [0.1, 0.15) is 26.7 Å². The first-order chi connectivity index (χ1) is 4.29. The monoisotopic (exact) mass is 367 g/mol. The van der Waals surface area contributed by atoms with E-state index in [0.29, 0.717) is 0 Å². The SMILES string of the molecule is C[C-]1CCC(C)CNC1.[Am]. The van der Waals surface area contributed by atoms with Gasteiger partial charge in [0.05, 0.1) is 0 Å². The number of hydrogen-bond donors (Lipinski definition) is 1. The second kappa shape index (κ2) is 5.06. The molecule has 0 aromatic heterocycles. The average Bonchev–Trinajstić information content (AvgIpc) is 1.97. The first kappa shape index (κ1) is 10.3. The first-order valence-corrected chi connectivity index (χ1v) is 3.81. The van der Waals surface area contributed by atoms with Gasteiger partial charge in [-0.2, -0.15) is 13.3 Å². The Bertz CT molecular complexity index is 75.3. The van der Waals surface area contributed by atoms with Crippen molar-refractivity contribution in [3.8, 4) is 0 Å². The zero-order valence-electron chi connectivity index (χ0n) is 6.78. The summed E-state index contributed by atoms with van der Waals surface area (Å²) in [6.45, 7) is 6.90. The van der Waals surface area contributed by atoms with Crippen LogP contribution in [0.3, 0.4) is 0 Å². The van der Waals surface area contributed by atoms with Crippen LogP contribution in [-0.2, 0) is 0 Å². The molecule has 0 aliphatic carbocycles. The van der Waals surface area contributed by atoms with Crippen LogP contribution in [0.2, 0.25) is 0 Å². The second-order valence-corrected chi connectivity index (χ2v) is 3.23. The molecule has 1 unspecified atom stereocenters. The van der Waals surface area contributed by atoms with Crippen LogP contribution in [0.25, 0.3) is 0 Å². The van der Waals surface area contributed by atoms with Crippen LogP contribution in [-0.4, -0.2) is 13.1 Å². The van der Waals surface area contributed by atoms with Crippen LogP contribution in [0.5, 0.6) is 0 Å². The van der Waals surface area contributed by atoms with Gasteiger partial charge in [0.15, 0.2) is 0 Å². The van der Waals surface area contributed by atoms with Gasteiger partial charge < -0.3 is 11.2 Å². The van der Waals surface area contributed by atoms with Gasteiger partial charge in [-0.25, -0.2) is 0 Å². The summed E-state index contributed by atoms with van der Waals surface area (Å²) in [7, 11) is 0. The average molecular weight is 369 g/mol. The Morgan fingerprint density at radius 1 is 1.50 bits per heavy atom. The maximum absolute atomic E-state index is 3.41. The van der Waals surface area contributed by atoms with E-state index in [2.05, 4.69) is 19.2 Å². The van der Waals surface area contributed by atoms with Gasteiger partial charge in [0.1, 0.15) is 0 Å². The van der Waals surface area contributed by atoms with Crippen molar-refractivity contribution in [1.82, 2.24) is 5.32 Å². The van der Waals surface area contributed by atoms with Crippen molar-refractivity contribution in [3.05, 3.63) is 5.92 Å². The van der Waals surface area contributed by atoms with E-state index in [-0.39, 0.29) is 14.3 Å². The largest absolute Gasteiger partial charge is 0.346 e. The third-order valence-corrected chi connectivity index (χ3v) is 1.98. The Balaban J connectivity index is 0.000000810. The molecule has 10 heavy (non-hydrogen) atoms. The van der Waals surface area contributed by atoms with Crippen molar-refractivity contribution in [2.24, 2.45) is 5.92 Å². The fraction of sp³-hybridized carbons (Fsp3) is 0.875. The number of hydrogen-bond acceptors (Lipinski definition) is 1. The van der Waals surface area contributed by atoms with E-state index < -0.39 is 0 Å². The van der Waals surface area contributed by atoms with Crippen LogP contribution >= 0.6 is 0 Å². The summed E-state index contributed by atoms with van der Waals surface area (Å²) in [6.07, 6.45) is 2.70. The van der Waals surface area contributed by atoms with Crippen molar-refractivity contribution >= 4 is 0 Å². The minimum absolute atomic E-state index is 0. The molecule has 1 radical (unpaired) electrons. The summed E-state index contributed by atoms with van der Waals surface area (Å²) < 4.78 is 0. The van der Waals surface area contributed by atoms with Crippen LogP contribution in [0, 0.1) is 26.1 Å². The molecule has 1 atom stereocenters. The molecule has 0 spiro atoms. The van der Waals surface area contributed by atoms with Crippen LogP contribution < -0.4 is 5.32 Å². The quantitative estimate of drug-likeness (QED) is 0.640. The van der Waals surface area contributed by atoms with Gasteiger partial charge in [-0.05, 0) is 12.5 Å². The topological polar surface area (TPSA) is 12.0 Å². The third-order valence-electron chi connectivity index (χ3n) is 1.98. The molecular weight excluding hydrogens is 353 g/mol. The second-order valence-electron chi connectivity index (χ2n) is 3.23. The molecule has 0 aromatic carbocycles. The van der Waals surface area contributed by atoms with Crippen molar-refractivity contribution in [1.29, 1.82) is 0 Å². The van der Waals surface area contributed by atoms with E-state index in [1.165, 1.54) is 19.4 Å². The Kier molecular flexibility index (Phi) is 5.24. The summed E-state index contributed by atoms with van der Waals surface area (Å²) in [5, 5.41) is 3.41. The summed E-state index contributed by atoms with van der Waals surface area (Å²) in [5.41, 5.74) is 0. The Morgan fingerprint density at radius 2 is 2.20 bits per heavy atom. The van der Waals surface area contributed by atoms with Gasteiger partial charge in [0.2, 0.25) is 0 Å². The predicted molar refractivity (Wildman–Crippen MR) is 40.2 cm³/mol. The van der Waals surface area contributed by atoms with E-state index in [4.69, 9.17) is 0 Å². The maximum Gasteiger partial charge on any atom is 0 e. The molecule has 0 saturated carbocycles. The molecule has 1 rings (SSSR count). The normalized spacial score (nSPS) is 28.8. The maximum atomic E-state index is 3.41. The van der Waals surface area contributed by atoms with Crippen molar-refractivity contribution in [2.45, 2.75) is 26.7 Å². The van der Waals surface area contributed by atoms with E-state index in [1.54, 1.807) is 5.92 Å². The molecule has 1 fully saturated rings. The predicted octanol–water partition coefficient (Wildman–Crippen LogP) is 1.60. The summed E-state index contributed by atoms with van der Waals surface area (Å²) in [6, 6.07) is 0. The molecule has 1 aliphatic heterocycles. The van der Waals surface area contributed by atoms with Gasteiger partial charge in [0.25, 0.3) is 0 Å². The molecule has 61 valence electrons. The summed E-state index contributed by atoms with van der Waals surface area (Å²) >= 11 is 0.